The highest BCUT2D eigenvalue weighted by Crippen LogP contribution is 2.28. The highest BCUT2D eigenvalue weighted by atomic mass is 35.5. The third-order valence-corrected chi connectivity index (χ3v) is 3.51. The van der Waals surface area contributed by atoms with E-state index in [1.807, 2.05) is 0 Å². The van der Waals surface area contributed by atoms with Gasteiger partial charge in [-0.15, -0.1) is 0 Å². The van der Waals surface area contributed by atoms with Gasteiger partial charge in [-0.1, -0.05) is 41.4 Å². The zero-order valence-electron chi connectivity index (χ0n) is 10.8. The van der Waals surface area contributed by atoms with Gasteiger partial charge in [-0.2, -0.15) is 0 Å². The number of carbonyl (C=O) groups is 2. The van der Waals surface area contributed by atoms with Crippen LogP contribution in [0.3, 0.4) is 0 Å². The van der Waals surface area contributed by atoms with Crippen molar-refractivity contribution in [1.82, 2.24) is 0 Å². The second-order valence-corrected chi connectivity index (χ2v) is 5.06. The molecule has 0 saturated carbocycles. The van der Waals surface area contributed by atoms with Crippen molar-refractivity contribution in [2.75, 3.05) is 11.4 Å². The Hall–Kier alpha value is -2.04. The minimum atomic E-state index is -1.12. The Balaban J connectivity index is 2.40. The predicted molar refractivity (Wildman–Crippen MR) is 82.2 cm³/mol. The number of hydrogen-bond donors (Lipinski definition) is 1. The van der Waals surface area contributed by atoms with E-state index < -0.39 is 18.4 Å². The molecule has 2 aromatic carbocycles. The number of carboxylic acid groups (broad SMARTS) is 1. The van der Waals surface area contributed by atoms with Crippen LogP contribution in [0.1, 0.15) is 10.4 Å². The van der Waals surface area contributed by atoms with Gasteiger partial charge in [0, 0.05) is 11.3 Å². The molecule has 1 amide bonds. The zero-order chi connectivity index (χ0) is 15.4. The lowest BCUT2D eigenvalue weighted by Crippen LogP contribution is -2.35. The van der Waals surface area contributed by atoms with Gasteiger partial charge in [-0.05, 0) is 30.3 Å². The number of carboxylic acids is 1. The summed E-state index contributed by atoms with van der Waals surface area (Å²) in [7, 11) is 0. The fraction of sp³-hybridized carbons (Fsp3) is 0.0667. The molecule has 0 aliphatic carbocycles. The SMILES string of the molecule is O=C(O)CN(C(=O)c1ccccc1)c1ccc(Cl)c(Cl)c1. The van der Waals surface area contributed by atoms with Gasteiger partial charge in [0.25, 0.3) is 5.91 Å². The van der Waals surface area contributed by atoms with Gasteiger partial charge in [-0.3, -0.25) is 14.5 Å². The van der Waals surface area contributed by atoms with Crippen LogP contribution in [-0.4, -0.2) is 23.5 Å². The van der Waals surface area contributed by atoms with Crippen molar-refractivity contribution in [3.05, 3.63) is 64.1 Å². The number of aliphatic carboxylic acids is 1. The lowest BCUT2D eigenvalue weighted by Gasteiger charge is -2.21. The van der Waals surface area contributed by atoms with E-state index in [1.165, 1.54) is 12.1 Å². The normalized spacial score (nSPS) is 10.2. The Morgan fingerprint density at radius 1 is 1.00 bits per heavy atom. The van der Waals surface area contributed by atoms with Crippen molar-refractivity contribution in [2.24, 2.45) is 0 Å². The molecule has 2 rings (SSSR count). The third kappa shape index (κ3) is 3.74. The van der Waals surface area contributed by atoms with Crippen LogP contribution in [0.15, 0.2) is 48.5 Å². The first kappa shape index (κ1) is 15.4. The van der Waals surface area contributed by atoms with E-state index in [-0.39, 0.29) is 5.02 Å². The molecule has 0 aliphatic rings. The summed E-state index contributed by atoms with van der Waals surface area (Å²) in [6.07, 6.45) is 0. The average molecular weight is 324 g/mol. The Morgan fingerprint density at radius 3 is 2.24 bits per heavy atom. The second kappa shape index (κ2) is 6.61. The lowest BCUT2D eigenvalue weighted by atomic mass is 10.2. The number of halogens is 2. The molecular weight excluding hydrogens is 313 g/mol. The minimum absolute atomic E-state index is 0.255. The molecule has 0 aliphatic heterocycles. The second-order valence-electron chi connectivity index (χ2n) is 4.25. The van der Waals surface area contributed by atoms with E-state index in [1.54, 1.807) is 36.4 Å². The molecule has 2 aromatic rings. The van der Waals surface area contributed by atoms with Crippen LogP contribution in [0.25, 0.3) is 0 Å². The van der Waals surface area contributed by atoms with Crippen LogP contribution in [0.4, 0.5) is 5.69 Å². The molecule has 21 heavy (non-hydrogen) atoms. The standard InChI is InChI=1S/C15H11Cl2NO3/c16-12-7-6-11(8-13(12)17)18(9-14(19)20)15(21)10-4-2-1-3-5-10/h1-8H,9H2,(H,19,20). The number of carbonyl (C=O) groups excluding carboxylic acids is 1. The molecule has 0 heterocycles. The Kier molecular flexibility index (Phi) is 4.83. The van der Waals surface area contributed by atoms with Crippen molar-refractivity contribution in [2.45, 2.75) is 0 Å². The first-order valence-electron chi connectivity index (χ1n) is 6.03. The summed E-state index contributed by atoms with van der Waals surface area (Å²) in [4.78, 5) is 24.6. The van der Waals surface area contributed by atoms with Gasteiger partial charge in [0.1, 0.15) is 6.54 Å². The molecule has 1 N–H and O–H groups in total. The molecule has 0 saturated heterocycles. The molecule has 0 fully saturated rings. The molecule has 6 heteroatoms. The Labute approximate surface area is 131 Å². The van der Waals surface area contributed by atoms with Crippen LogP contribution in [0.2, 0.25) is 10.0 Å². The lowest BCUT2D eigenvalue weighted by molar-refractivity contribution is -0.135. The average Bonchev–Trinajstić information content (AvgIpc) is 2.48. The van der Waals surface area contributed by atoms with Gasteiger partial charge in [-0.25, -0.2) is 0 Å². The molecule has 0 bridgehead atoms. The molecule has 0 spiro atoms. The van der Waals surface area contributed by atoms with Crippen LogP contribution >= 0.6 is 23.2 Å². The Morgan fingerprint density at radius 2 is 1.67 bits per heavy atom. The van der Waals surface area contributed by atoms with Crippen LogP contribution in [0, 0.1) is 0 Å². The van der Waals surface area contributed by atoms with E-state index in [0.717, 1.165) is 4.90 Å². The molecule has 4 nitrogen and oxygen atoms in total. The largest absolute Gasteiger partial charge is 0.480 e. The molecular formula is C15H11Cl2NO3. The van der Waals surface area contributed by atoms with Crippen molar-refractivity contribution in [1.29, 1.82) is 0 Å². The maximum atomic E-state index is 12.5. The van der Waals surface area contributed by atoms with Gasteiger partial charge < -0.3 is 5.11 Å². The quantitative estimate of drug-likeness (QED) is 0.932. The minimum Gasteiger partial charge on any atom is -0.480 e. The van der Waals surface area contributed by atoms with Crippen LogP contribution in [0.5, 0.6) is 0 Å². The summed E-state index contributed by atoms with van der Waals surface area (Å²) >= 11 is 11.8. The summed E-state index contributed by atoms with van der Waals surface area (Å²) in [6, 6.07) is 13.0. The number of hydrogen-bond acceptors (Lipinski definition) is 2. The maximum absolute atomic E-state index is 12.5. The highest BCUT2D eigenvalue weighted by molar-refractivity contribution is 6.42. The summed E-state index contributed by atoms with van der Waals surface area (Å²) in [5.74, 6) is -1.54. The van der Waals surface area contributed by atoms with E-state index in [0.29, 0.717) is 16.3 Å². The molecule has 0 aromatic heterocycles. The van der Waals surface area contributed by atoms with E-state index in [4.69, 9.17) is 28.3 Å². The zero-order valence-corrected chi connectivity index (χ0v) is 12.3. The van der Waals surface area contributed by atoms with E-state index >= 15 is 0 Å². The molecule has 0 atom stereocenters. The van der Waals surface area contributed by atoms with Crippen molar-refractivity contribution < 1.29 is 14.7 Å². The number of benzene rings is 2. The maximum Gasteiger partial charge on any atom is 0.323 e. The first-order valence-corrected chi connectivity index (χ1v) is 6.78. The van der Waals surface area contributed by atoms with Crippen molar-refractivity contribution in [3.63, 3.8) is 0 Å². The van der Waals surface area contributed by atoms with Crippen LogP contribution < -0.4 is 4.90 Å². The summed E-state index contributed by atoms with van der Waals surface area (Å²) in [5.41, 5.74) is 0.769. The summed E-state index contributed by atoms with van der Waals surface area (Å²) < 4.78 is 0. The third-order valence-electron chi connectivity index (χ3n) is 2.77. The Bertz CT molecular complexity index is 674. The van der Waals surface area contributed by atoms with Gasteiger partial charge >= 0.3 is 5.97 Å². The predicted octanol–water partition coefficient (Wildman–Crippen LogP) is 3.72. The number of anilines is 1. The number of nitrogens with zero attached hydrogens (tertiary/aromatic N) is 1. The van der Waals surface area contributed by atoms with Crippen molar-refractivity contribution in [3.8, 4) is 0 Å². The monoisotopic (exact) mass is 323 g/mol. The number of amides is 1. The molecule has 0 unspecified atom stereocenters. The summed E-state index contributed by atoms with van der Waals surface area (Å²) in [5, 5.41) is 9.60. The van der Waals surface area contributed by atoms with Gasteiger partial charge in [0.15, 0.2) is 0 Å². The first-order chi connectivity index (χ1) is 9.99. The smallest absolute Gasteiger partial charge is 0.323 e. The number of rotatable bonds is 4. The topological polar surface area (TPSA) is 57.6 Å². The molecule has 0 radical (unpaired) electrons. The highest BCUT2D eigenvalue weighted by Gasteiger charge is 2.20. The van der Waals surface area contributed by atoms with Crippen molar-refractivity contribution >= 4 is 40.8 Å². The molecule has 108 valence electrons. The van der Waals surface area contributed by atoms with Crippen LogP contribution in [-0.2, 0) is 4.79 Å². The van der Waals surface area contributed by atoms with Gasteiger partial charge in [0.05, 0.1) is 10.0 Å². The van der Waals surface area contributed by atoms with Gasteiger partial charge in [0.2, 0.25) is 0 Å². The van der Waals surface area contributed by atoms with E-state index in [9.17, 15) is 9.59 Å². The summed E-state index contributed by atoms with van der Waals surface area (Å²) in [6.45, 7) is -0.467. The fourth-order valence-corrected chi connectivity index (χ4v) is 2.10. The fourth-order valence-electron chi connectivity index (χ4n) is 1.81. The van der Waals surface area contributed by atoms with E-state index in [2.05, 4.69) is 0 Å².